The highest BCUT2D eigenvalue weighted by Gasteiger charge is 2.24. The molecule has 0 saturated carbocycles. The highest BCUT2D eigenvalue weighted by molar-refractivity contribution is 8.03. The van der Waals surface area contributed by atoms with Crippen molar-refractivity contribution in [3.8, 4) is 0 Å². The topological polar surface area (TPSA) is 37.8 Å². The highest BCUT2D eigenvalue weighted by Crippen LogP contribution is 2.30. The summed E-state index contributed by atoms with van der Waals surface area (Å²) in [4.78, 5) is 0. The Hall–Kier alpha value is 0.220. The van der Waals surface area contributed by atoms with E-state index in [9.17, 15) is 0 Å². The summed E-state index contributed by atoms with van der Waals surface area (Å²) >= 11 is 5.14. The maximum Gasteiger partial charge on any atom is 0.175 e. The summed E-state index contributed by atoms with van der Waals surface area (Å²) in [6.07, 6.45) is 2.03. The molecule has 1 aromatic rings. The first kappa shape index (κ1) is 15.3. The number of nitrogens with one attached hydrogen (secondary N) is 1. The SMILES string of the molecule is CCNC(CSc1nnc(SC)s1)C(C)(C)C. The van der Waals surface area contributed by atoms with E-state index in [2.05, 4.69) is 43.2 Å². The molecule has 1 atom stereocenters. The maximum absolute atomic E-state index is 4.18. The summed E-state index contributed by atoms with van der Waals surface area (Å²) in [5, 5.41) is 11.8. The van der Waals surface area contributed by atoms with Gasteiger partial charge in [-0.05, 0) is 18.2 Å². The fourth-order valence-corrected chi connectivity index (χ4v) is 4.22. The minimum atomic E-state index is 0.274. The Morgan fingerprint density at radius 1 is 1.29 bits per heavy atom. The summed E-state index contributed by atoms with van der Waals surface area (Å²) < 4.78 is 2.12. The lowest BCUT2D eigenvalue weighted by atomic mass is 9.88. The monoisotopic (exact) mass is 291 g/mol. The molecule has 0 aliphatic heterocycles. The van der Waals surface area contributed by atoms with Crippen LogP contribution in [0.2, 0.25) is 0 Å². The van der Waals surface area contributed by atoms with Crippen molar-refractivity contribution >= 4 is 34.9 Å². The predicted octanol–water partition coefficient (Wildman–Crippen LogP) is 3.38. The summed E-state index contributed by atoms with van der Waals surface area (Å²) in [6.45, 7) is 9.98. The fraction of sp³-hybridized carbons (Fsp3) is 0.818. The number of hydrogen-bond donors (Lipinski definition) is 1. The van der Waals surface area contributed by atoms with Crippen molar-refractivity contribution in [1.29, 1.82) is 0 Å². The van der Waals surface area contributed by atoms with E-state index in [0.29, 0.717) is 6.04 Å². The van der Waals surface area contributed by atoms with Crippen LogP contribution in [0.4, 0.5) is 0 Å². The summed E-state index contributed by atoms with van der Waals surface area (Å²) in [5.74, 6) is 1.04. The van der Waals surface area contributed by atoms with Crippen molar-refractivity contribution in [2.24, 2.45) is 5.41 Å². The van der Waals surface area contributed by atoms with Crippen LogP contribution in [0.3, 0.4) is 0 Å². The average molecular weight is 292 g/mol. The zero-order chi connectivity index (χ0) is 12.9. The van der Waals surface area contributed by atoms with E-state index in [-0.39, 0.29) is 5.41 Å². The molecular weight excluding hydrogens is 270 g/mol. The third-order valence-corrected chi connectivity index (χ3v) is 5.56. The van der Waals surface area contributed by atoms with Gasteiger partial charge in [0, 0.05) is 11.8 Å². The van der Waals surface area contributed by atoms with E-state index < -0.39 is 0 Å². The van der Waals surface area contributed by atoms with Crippen molar-refractivity contribution in [2.75, 3.05) is 18.6 Å². The van der Waals surface area contributed by atoms with E-state index in [0.717, 1.165) is 21.0 Å². The van der Waals surface area contributed by atoms with Crippen LogP contribution in [0.1, 0.15) is 27.7 Å². The Labute approximate surface area is 117 Å². The van der Waals surface area contributed by atoms with Gasteiger partial charge in [0.15, 0.2) is 8.68 Å². The zero-order valence-corrected chi connectivity index (χ0v) is 13.6. The van der Waals surface area contributed by atoms with Crippen molar-refractivity contribution in [3.05, 3.63) is 0 Å². The van der Waals surface area contributed by atoms with E-state index in [1.54, 1.807) is 34.9 Å². The van der Waals surface area contributed by atoms with Gasteiger partial charge in [-0.3, -0.25) is 0 Å². The second kappa shape index (κ2) is 6.97. The molecule has 0 aliphatic carbocycles. The van der Waals surface area contributed by atoms with Crippen LogP contribution in [-0.4, -0.2) is 34.8 Å². The van der Waals surface area contributed by atoms with Gasteiger partial charge in [-0.25, -0.2) is 0 Å². The third-order valence-electron chi connectivity index (χ3n) is 2.43. The van der Waals surface area contributed by atoms with Gasteiger partial charge >= 0.3 is 0 Å². The Kier molecular flexibility index (Phi) is 6.26. The van der Waals surface area contributed by atoms with Crippen LogP contribution >= 0.6 is 34.9 Å². The smallest absolute Gasteiger partial charge is 0.175 e. The van der Waals surface area contributed by atoms with Gasteiger partial charge < -0.3 is 5.32 Å². The lowest BCUT2D eigenvalue weighted by molar-refractivity contribution is 0.295. The molecule has 1 unspecified atom stereocenters. The summed E-state index contributed by atoms with van der Waals surface area (Å²) in [5.41, 5.74) is 0.274. The van der Waals surface area contributed by atoms with Crippen LogP contribution in [-0.2, 0) is 0 Å². The molecule has 0 spiro atoms. The van der Waals surface area contributed by atoms with Gasteiger partial charge in [0.2, 0.25) is 0 Å². The van der Waals surface area contributed by atoms with Gasteiger partial charge in [-0.15, -0.1) is 10.2 Å². The first-order valence-corrected chi connectivity index (χ1v) is 8.73. The molecule has 17 heavy (non-hydrogen) atoms. The summed E-state index contributed by atoms with van der Waals surface area (Å²) in [6, 6.07) is 0.499. The molecule has 0 aliphatic rings. The van der Waals surface area contributed by atoms with Gasteiger partial charge in [0.05, 0.1) is 0 Å². The second-order valence-electron chi connectivity index (χ2n) is 4.83. The second-order valence-corrected chi connectivity index (χ2v) is 8.12. The number of rotatable bonds is 6. The van der Waals surface area contributed by atoms with E-state index >= 15 is 0 Å². The highest BCUT2D eigenvalue weighted by atomic mass is 32.2. The van der Waals surface area contributed by atoms with Gasteiger partial charge in [0.1, 0.15) is 0 Å². The van der Waals surface area contributed by atoms with Gasteiger partial charge in [-0.2, -0.15) is 0 Å². The Balaban J connectivity index is 2.51. The number of nitrogens with zero attached hydrogens (tertiary/aromatic N) is 2. The quantitative estimate of drug-likeness (QED) is 0.813. The fourth-order valence-electron chi connectivity index (χ4n) is 1.35. The van der Waals surface area contributed by atoms with Crippen molar-refractivity contribution in [2.45, 2.75) is 42.4 Å². The molecule has 0 amide bonds. The standard InChI is InChI=1S/C11H21N3S3/c1-6-12-8(11(2,3)4)7-16-10-14-13-9(15-5)17-10/h8,12H,6-7H2,1-5H3. The molecule has 1 N–H and O–H groups in total. The maximum atomic E-state index is 4.18. The molecule has 0 aromatic carbocycles. The molecule has 3 nitrogen and oxygen atoms in total. The molecule has 1 rings (SSSR count). The van der Waals surface area contributed by atoms with Crippen molar-refractivity contribution in [1.82, 2.24) is 15.5 Å². The Morgan fingerprint density at radius 2 is 1.94 bits per heavy atom. The molecule has 0 bridgehead atoms. The van der Waals surface area contributed by atoms with E-state index in [1.807, 2.05) is 6.26 Å². The third kappa shape index (κ3) is 5.16. The first-order chi connectivity index (χ1) is 7.97. The molecule has 0 saturated heterocycles. The minimum absolute atomic E-state index is 0.274. The number of thioether (sulfide) groups is 2. The number of hydrogen-bond acceptors (Lipinski definition) is 6. The molecule has 98 valence electrons. The molecule has 0 radical (unpaired) electrons. The lowest BCUT2D eigenvalue weighted by Crippen LogP contribution is -2.42. The predicted molar refractivity (Wildman–Crippen MR) is 79.3 cm³/mol. The lowest BCUT2D eigenvalue weighted by Gasteiger charge is -2.30. The van der Waals surface area contributed by atoms with Crippen LogP contribution in [0.15, 0.2) is 8.68 Å². The normalized spacial score (nSPS) is 13.9. The molecular formula is C11H21N3S3. The average Bonchev–Trinajstić information content (AvgIpc) is 2.70. The Morgan fingerprint density at radius 3 is 2.41 bits per heavy atom. The van der Waals surface area contributed by atoms with Crippen LogP contribution < -0.4 is 5.32 Å². The summed E-state index contributed by atoms with van der Waals surface area (Å²) in [7, 11) is 0. The first-order valence-electron chi connectivity index (χ1n) is 5.71. The largest absolute Gasteiger partial charge is 0.313 e. The van der Waals surface area contributed by atoms with E-state index in [1.165, 1.54) is 0 Å². The van der Waals surface area contributed by atoms with Crippen LogP contribution in [0, 0.1) is 5.41 Å². The number of aromatic nitrogens is 2. The molecule has 1 aromatic heterocycles. The van der Waals surface area contributed by atoms with Crippen molar-refractivity contribution in [3.63, 3.8) is 0 Å². The zero-order valence-electron chi connectivity index (χ0n) is 11.1. The molecule has 6 heteroatoms. The molecule has 0 fully saturated rings. The van der Waals surface area contributed by atoms with Gasteiger partial charge in [-0.1, -0.05) is 62.6 Å². The van der Waals surface area contributed by atoms with Crippen LogP contribution in [0.5, 0.6) is 0 Å². The Bertz CT molecular complexity index is 333. The van der Waals surface area contributed by atoms with Crippen LogP contribution in [0.25, 0.3) is 0 Å². The van der Waals surface area contributed by atoms with Gasteiger partial charge in [0.25, 0.3) is 0 Å². The van der Waals surface area contributed by atoms with Crippen molar-refractivity contribution < 1.29 is 0 Å². The molecule has 1 heterocycles. The van der Waals surface area contributed by atoms with E-state index in [4.69, 9.17) is 0 Å². The minimum Gasteiger partial charge on any atom is -0.313 e.